The third-order valence-electron chi connectivity index (χ3n) is 3.10. The van der Waals surface area contributed by atoms with Gasteiger partial charge in [0.1, 0.15) is 0 Å². The van der Waals surface area contributed by atoms with E-state index in [1.54, 1.807) is 0 Å². The highest BCUT2D eigenvalue weighted by atomic mass is 79.9. The molecular weight excluding hydrogens is 288 g/mol. The van der Waals surface area contributed by atoms with Gasteiger partial charge in [0.25, 0.3) is 0 Å². The molecule has 0 radical (unpaired) electrons. The van der Waals surface area contributed by atoms with Gasteiger partial charge in [-0.3, -0.25) is 0 Å². The average Bonchev–Trinajstić information content (AvgIpc) is 2.35. The van der Waals surface area contributed by atoms with Gasteiger partial charge in [0.2, 0.25) is 0 Å². The number of hydrogen-bond donors (Lipinski definition) is 1. The van der Waals surface area contributed by atoms with Crippen LogP contribution in [0.3, 0.4) is 0 Å². The summed E-state index contributed by atoms with van der Waals surface area (Å²) in [6, 6.07) is 10.9. The van der Waals surface area contributed by atoms with Crippen molar-refractivity contribution in [3.05, 3.63) is 34.3 Å². The van der Waals surface area contributed by atoms with Crippen molar-refractivity contribution in [2.45, 2.75) is 39.7 Å². The first kappa shape index (κ1) is 15.2. The van der Waals surface area contributed by atoms with Crippen molar-refractivity contribution in [2.24, 2.45) is 5.41 Å². The fourth-order valence-corrected chi connectivity index (χ4v) is 2.47. The smallest absolute Gasteiger partial charge is 0.0683 e. The molecule has 0 unspecified atom stereocenters. The minimum absolute atomic E-state index is 0.210. The van der Waals surface area contributed by atoms with Gasteiger partial charge in [0.15, 0.2) is 0 Å². The predicted octanol–water partition coefficient (Wildman–Crippen LogP) is 4.43. The lowest BCUT2D eigenvalue weighted by atomic mass is 9.90. The summed E-state index contributed by atoms with van der Waals surface area (Å²) in [7, 11) is 0. The van der Waals surface area contributed by atoms with Gasteiger partial charge in [0, 0.05) is 10.5 Å². The molecule has 3 heteroatoms. The molecule has 1 aromatic carbocycles. The zero-order valence-corrected chi connectivity index (χ0v) is 12.9. The summed E-state index contributed by atoms with van der Waals surface area (Å²) in [5, 5.41) is 12.4. The highest BCUT2D eigenvalue weighted by molar-refractivity contribution is 9.10. The maximum absolute atomic E-state index is 8.94. The molecule has 0 saturated heterocycles. The molecule has 0 saturated carbocycles. The second kappa shape index (κ2) is 6.92. The molecule has 0 aliphatic heterocycles. The molecule has 0 aliphatic rings. The zero-order valence-electron chi connectivity index (χ0n) is 11.3. The maximum Gasteiger partial charge on any atom is 0.0683 e. The Morgan fingerprint density at radius 3 is 2.67 bits per heavy atom. The molecule has 0 amide bonds. The minimum atomic E-state index is -0.210. The van der Waals surface area contributed by atoms with Crippen LogP contribution in [-0.2, 0) is 0 Å². The fraction of sp³-hybridized carbons (Fsp3) is 0.533. The van der Waals surface area contributed by atoms with E-state index in [-0.39, 0.29) is 5.41 Å². The Morgan fingerprint density at radius 2 is 2.06 bits per heavy atom. The number of hydrogen-bond acceptors (Lipinski definition) is 2. The molecular formula is C15H21BrN2. The summed E-state index contributed by atoms with van der Waals surface area (Å²) in [4.78, 5) is 0. The van der Waals surface area contributed by atoms with Crippen LogP contribution in [0.15, 0.2) is 28.7 Å². The van der Waals surface area contributed by atoms with Crippen LogP contribution in [0.1, 0.15) is 45.2 Å². The lowest BCUT2D eigenvalue weighted by Gasteiger charge is -2.18. The van der Waals surface area contributed by atoms with Crippen LogP contribution in [0.4, 0.5) is 0 Å². The van der Waals surface area contributed by atoms with Crippen molar-refractivity contribution in [3.63, 3.8) is 0 Å². The summed E-state index contributed by atoms with van der Waals surface area (Å²) < 4.78 is 1.14. The van der Waals surface area contributed by atoms with E-state index in [1.807, 2.05) is 19.9 Å². The Kier molecular flexibility index (Phi) is 5.84. The molecule has 2 nitrogen and oxygen atoms in total. The van der Waals surface area contributed by atoms with Crippen LogP contribution in [0.5, 0.6) is 0 Å². The standard InChI is InChI=1S/C15H21BrN2/c1-12(13-7-4-5-8-14(13)16)18-10-6-9-15(2,3)11-17/h4-5,7-8,12,18H,6,9-10H2,1-3H3/t12-/m0/s1. The normalized spacial score (nSPS) is 13.1. The SMILES string of the molecule is C[C@H](NCCCC(C)(C)C#N)c1ccccc1Br. The van der Waals surface area contributed by atoms with Gasteiger partial charge in [-0.25, -0.2) is 0 Å². The Labute approximate surface area is 119 Å². The molecule has 0 aliphatic carbocycles. The molecule has 98 valence electrons. The summed E-state index contributed by atoms with van der Waals surface area (Å²) in [5.74, 6) is 0. The second-order valence-corrected chi connectivity index (χ2v) is 6.15. The summed E-state index contributed by atoms with van der Waals surface area (Å²) in [5.41, 5.74) is 1.06. The monoisotopic (exact) mass is 308 g/mol. The van der Waals surface area contributed by atoms with Crippen LogP contribution in [0, 0.1) is 16.7 Å². The largest absolute Gasteiger partial charge is 0.310 e. The van der Waals surface area contributed by atoms with Crippen molar-refractivity contribution >= 4 is 15.9 Å². The van der Waals surface area contributed by atoms with Crippen molar-refractivity contribution in [3.8, 4) is 6.07 Å². The van der Waals surface area contributed by atoms with Crippen molar-refractivity contribution in [1.82, 2.24) is 5.32 Å². The van der Waals surface area contributed by atoms with Gasteiger partial charge < -0.3 is 5.32 Å². The number of nitrogens with one attached hydrogen (secondary N) is 1. The summed E-state index contributed by atoms with van der Waals surface area (Å²) >= 11 is 3.57. The molecule has 1 rings (SSSR count). The van der Waals surface area contributed by atoms with Crippen LogP contribution < -0.4 is 5.32 Å². The van der Waals surface area contributed by atoms with E-state index >= 15 is 0 Å². The first-order chi connectivity index (χ1) is 8.46. The van der Waals surface area contributed by atoms with E-state index in [4.69, 9.17) is 5.26 Å². The van der Waals surface area contributed by atoms with Gasteiger partial charge in [0.05, 0.1) is 11.5 Å². The molecule has 0 aromatic heterocycles. The highest BCUT2D eigenvalue weighted by Crippen LogP contribution is 2.23. The summed E-state index contributed by atoms with van der Waals surface area (Å²) in [6.07, 6.45) is 1.95. The Bertz CT molecular complexity index is 421. The van der Waals surface area contributed by atoms with E-state index in [2.05, 4.69) is 52.4 Å². The first-order valence-electron chi connectivity index (χ1n) is 6.35. The summed E-state index contributed by atoms with van der Waals surface area (Å²) in [6.45, 7) is 7.08. The first-order valence-corrected chi connectivity index (χ1v) is 7.14. The van der Waals surface area contributed by atoms with Gasteiger partial charge in [-0.15, -0.1) is 0 Å². The second-order valence-electron chi connectivity index (χ2n) is 5.30. The van der Waals surface area contributed by atoms with E-state index in [1.165, 1.54) is 5.56 Å². The number of halogens is 1. The van der Waals surface area contributed by atoms with Gasteiger partial charge >= 0.3 is 0 Å². The van der Waals surface area contributed by atoms with E-state index in [0.717, 1.165) is 23.9 Å². The van der Waals surface area contributed by atoms with Crippen molar-refractivity contribution < 1.29 is 0 Å². The molecule has 1 aromatic rings. The molecule has 0 heterocycles. The third-order valence-corrected chi connectivity index (χ3v) is 3.83. The van der Waals surface area contributed by atoms with Crippen molar-refractivity contribution in [2.75, 3.05) is 6.54 Å². The Balaban J connectivity index is 2.37. The van der Waals surface area contributed by atoms with E-state index in [0.29, 0.717) is 6.04 Å². The number of nitrogens with zero attached hydrogens (tertiary/aromatic N) is 1. The third kappa shape index (κ3) is 4.80. The Hall–Kier alpha value is -0.850. The lowest BCUT2D eigenvalue weighted by molar-refractivity contribution is 0.417. The lowest BCUT2D eigenvalue weighted by Crippen LogP contribution is -2.21. The van der Waals surface area contributed by atoms with E-state index < -0.39 is 0 Å². The van der Waals surface area contributed by atoms with Crippen LogP contribution in [0.2, 0.25) is 0 Å². The fourth-order valence-electron chi connectivity index (χ4n) is 1.84. The number of nitriles is 1. The van der Waals surface area contributed by atoms with Gasteiger partial charge in [-0.1, -0.05) is 34.1 Å². The quantitative estimate of drug-likeness (QED) is 0.789. The molecule has 0 spiro atoms. The molecule has 1 N–H and O–H groups in total. The molecule has 0 bridgehead atoms. The average molecular weight is 309 g/mol. The molecule has 0 fully saturated rings. The van der Waals surface area contributed by atoms with Gasteiger partial charge in [-0.2, -0.15) is 5.26 Å². The zero-order chi connectivity index (χ0) is 13.6. The van der Waals surface area contributed by atoms with Crippen molar-refractivity contribution in [1.29, 1.82) is 5.26 Å². The van der Waals surface area contributed by atoms with Crippen LogP contribution in [0.25, 0.3) is 0 Å². The predicted molar refractivity (Wildman–Crippen MR) is 79.2 cm³/mol. The molecule has 18 heavy (non-hydrogen) atoms. The van der Waals surface area contributed by atoms with E-state index in [9.17, 15) is 0 Å². The number of benzene rings is 1. The maximum atomic E-state index is 8.94. The number of rotatable bonds is 6. The van der Waals surface area contributed by atoms with Gasteiger partial charge in [-0.05, 0) is 51.8 Å². The van der Waals surface area contributed by atoms with Crippen LogP contribution >= 0.6 is 15.9 Å². The Morgan fingerprint density at radius 1 is 1.39 bits per heavy atom. The minimum Gasteiger partial charge on any atom is -0.310 e. The van der Waals surface area contributed by atoms with Crippen LogP contribution in [-0.4, -0.2) is 6.54 Å². The highest BCUT2D eigenvalue weighted by Gasteiger charge is 2.16. The molecule has 1 atom stereocenters. The topological polar surface area (TPSA) is 35.8 Å².